The summed E-state index contributed by atoms with van der Waals surface area (Å²) < 4.78 is 72.8. The maximum atomic E-state index is 13.1. The Morgan fingerprint density at radius 3 is 1.64 bits per heavy atom. The van der Waals surface area contributed by atoms with Crippen LogP contribution < -0.4 is 18.9 Å². The number of esters is 2. The molecule has 16 N–H and O–H groups in total. The van der Waals surface area contributed by atoms with Crippen LogP contribution >= 0.6 is 0 Å². The molecule has 21 atom stereocenters. The van der Waals surface area contributed by atoms with Crippen molar-refractivity contribution >= 4 is 30.2 Å². The number of aliphatic hydroxyl groups is 13. The first-order valence-corrected chi connectivity index (χ1v) is 27.7. The molecule has 4 fully saturated rings. The number of phenols is 3. The van der Waals surface area contributed by atoms with E-state index in [-0.39, 0.29) is 57.1 Å². The summed E-state index contributed by atoms with van der Waals surface area (Å²) in [6, 6.07) is 16.9. The lowest BCUT2D eigenvalue weighted by molar-refractivity contribution is -0.325. The van der Waals surface area contributed by atoms with E-state index in [9.17, 15) is 86.2 Å². The Morgan fingerprint density at radius 2 is 1.06 bits per heavy atom. The Hall–Kier alpha value is -7.44. The minimum atomic E-state index is -2.01. The number of carbonyl (C=O) groups is 2. The Morgan fingerprint density at radius 1 is 0.539 bits per heavy atom. The molecule has 0 bridgehead atoms. The van der Waals surface area contributed by atoms with E-state index in [1.807, 2.05) is 0 Å². The van der Waals surface area contributed by atoms with Crippen molar-refractivity contribution in [1.29, 1.82) is 0 Å². The van der Waals surface area contributed by atoms with Gasteiger partial charge in [-0.15, -0.1) is 0 Å². The van der Waals surface area contributed by atoms with Gasteiger partial charge in [0.2, 0.25) is 24.6 Å². The van der Waals surface area contributed by atoms with Crippen LogP contribution in [0.3, 0.4) is 0 Å². The van der Waals surface area contributed by atoms with Crippen molar-refractivity contribution in [3.05, 3.63) is 113 Å². The zero-order chi connectivity index (χ0) is 64.1. The van der Waals surface area contributed by atoms with E-state index in [1.165, 1.54) is 94.0 Å². The molecule has 30 nitrogen and oxygen atoms in total. The molecule has 4 aromatic rings. The second-order valence-electron chi connectivity index (χ2n) is 21.2. The standard InChI is InChI=1S/C59H68O30/c1-24-54(89-41(64)15-9-26-6-12-30(13-7-26)82-57-50(73)47(70)44(67)38(87-57)22-79-40(63)14-8-25-4-10-28(61)11-5-25)49(72)53(76)56(81-24)80-23-39-45(68)48(71)52(75)59(88-39)85-36-20-31-32(83-55(36)27-16-34(77-2)42(65)35(17-27)78-3)18-29(62)19-33(31)84-58-51(74)46(69)43(66)37(21-60)86-58/h4-20,24,37-39,43-62,65-76H,21-23H2,1-3H3/p+1. The molecule has 21 unspecified atom stereocenters. The van der Waals surface area contributed by atoms with E-state index < -0.39 is 166 Å². The predicted octanol–water partition coefficient (Wildman–Crippen LogP) is -2.29. The monoisotopic (exact) mass is 1260 g/mol. The van der Waals surface area contributed by atoms with E-state index in [2.05, 4.69) is 0 Å². The SMILES string of the molecule is COc1cc(C2[OH+]c3cc(O)cc(OC4OC(CO)C(O)C(O)C4O)c3C=C2OC2OC(COC3OC(C)C(OC(=O)C=Cc4ccc(OC5OC(COC(=O)C=Cc6ccc(O)cc6)C(O)C(O)C5O)cc4)C(O)C3O)C(O)C(O)C2O)cc(OC)c1O. The number of aromatic hydroxyl groups is 4. The normalized spacial score (nSPS) is 33.7. The number of benzene rings is 4. The first-order chi connectivity index (χ1) is 42.5. The topological polar surface area (TPSA) is 461 Å². The summed E-state index contributed by atoms with van der Waals surface area (Å²) in [6.45, 7) is -0.609. The predicted molar refractivity (Wildman–Crippen MR) is 297 cm³/mol. The van der Waals surface area contributed by atoms with Crippen LogP contribution in [0.15, 0.2) is 90.7 Å². The fourth-order valence-electron chi connectivity index (χ4n) is 10.1. The molecule has 9 rings (SSSR count). The summed E-state index contributed by atoms with van der Waals surface area (Å²) in [6.07, 6.45) is -29.0. The molecule has 89 heavy (non-hydrogen) atoms. The van der Waals surface area contributed by atoms with Crippen molar-refractivity contribution in [2.45, 2.75) is 136 Å². The van der Waals surface area contributed by atoms with Crippen LogP contribution in [-0.2, 0) is 47.5 Å². The summed E-state index contributed by atoms with van der Waals surface area (Å²) in [5.41, 5.74) is 1.25. The maximum absolute atomic E-state index is 13.1. The van der Waals surface area contributed by atoms with Gasteiger partial charge >= 0.3 is 11.9 Å². The third-order valence-corrected chi connectivity index (χ3v) is 15.1. The number of hydrogen-bond acceptors (Lipinski definition) is 29. The highest BCUT2D eigenvalue weighted by Crippen LogP contribution is 2.49. The lowest BCUT2D eigenvalue weighted by Crippen LogP contribution is -2.61. The van der Waals surface area contributed by atoms with Crippen LogP contribution in [0.1, 0.15) is 35.3 Å². The lowest BCUT2D eigenvalue weighted by Gasteiger charge is -2.43. The van der Waals surface area contributed by atoms with Gasteiger partial charge in [-0.25, -0.2) is 9.59 Å². The molecule has 0 saturated carbocycles. The number of carbonyl (C=O) groups excluding carboxylic acids is 2. The summed E-state index contributed by atoms with van der Waals surface area (Å²) in [4.78, 5) is 25.4. The first-order valence-electron chi connectivity index (χ1n) is 27.7. The highest BCUT2D eigenvalue weighted by atomic mass is 16.7. The molecular formula is C59H69O30+. The zero-order valence-electron chi connectivity index (χ0n) is 47.4. The van der Waals surface area contributed by atoms with Gasteiger partial charge < -0.3 is 138 Å². The van der Waals surface area contributed by atoms with E-state index in [4.69, 9.17) is 61.6 Å². The second kappa shape index (κ2) is 28.6. The van der Waals surface area contributed by atoms with Crippen LogP contribution in [0, 0.1) is 0 Å². The van der Waals surface area contributed by atoms with Crippen LogP contribution in [0.25, 0.3) is 18.2 Å². The summed E-state index contributed by atoms with van der Waals surface area (Å²) in [5, 5.41) is 160. The summed E-state index contributed by atoms with van der Waals surface area (Å²) >= 11 is 0. The van der Waals surface area contributed by atoms with E-state index in [1.54, 1.807) is 12.1 Å². The highest BCUT2D eigenvalue weighted by molar-refractivity contribution is 5.87. The molecule has 484 valence electrons. The number of hydrogen-bond donors (Lipinski definition) is 15. The molecular weight excluding hydrogens is 1190 g/mol. The van der Waals surface area contributed by atoms with Crippen molar-refractivity contribution in [1.82, 2.24) is 0 Å². The van der Waals surface area contributed by atoms with E-state index in [0.717, 1.165) is 18.2 Å². The fourth-order valence-corrected chi connectivity index (χ4v) is 10.1. The van der Waals surface area contributed by atoms with Crippen LogP contribution in [0.4, 0.5) is 0 Å². The quantitative estimate of drug-likeness (QED) is 0.0252. The van der Waals surface area contributed by atoms with Gasteiger partial charge in [-0.1, -0.05) is 24.3 Å². The Kier molecular flexibility index (Phi) is 21.2. The van der Waals surface area contributed by atoms with Crippen LogP contribution in [-0.4, -0.2) is 250 Å². The summed E-state index contributed by atoms with van der Waals surface area (Å²) in [7, 11) is 2.54. The smallest absolute Gasteiger partial charge is 0.331 e. The minimum absolute atomic E-state index is 0.0147. The molecule has 0 radical (unpaired) electrons. The number of methoxy groups -OCH3 is 2. The molecule has 30 heteroatoms. The van der Waals surface area contributed by atoms with Gasteiger partial charge in [-0.3, -0.25) is 0 Å². The van der Waals surface area contributed by atoms with Gasteiger partial charge in [-0.2, -0.15) is 0 Å². The highest BCUT2D eigenvalue weighted by Gasteiger charge is 2.51. The number of rotatable bonds is 20. The number of phenolic OH excluding ortho intramolecular Hbond substituents is 3. The van der Waals surface area contributed by atoms with Crippen molar-refractivity contribution < 1.29 is 148 Å². The molecule has 5 aliphatic rings. The van der Waals surface area contributed by atoms with Gasteiger partial charge in [0.1, 0.15) is 121 Å². The average Bonchev–Trinajstić information content (AvgIpc) is 1.16. The van der Waals surface area contributed by atoms with Gasteiger partial charge in [-0.05, 0) is 66.6 Å². The molecule has 0 aliphatic carbocycles. The Bertz CT molecular complexity index is 3130. The van der Waals surface area contributed by atoms with Crippen LogP contribution in [0.5, 0.6) is 46.0 Å². The lowest BCUT2D eigenvalue weighted by atomic mass is 9.97. The Balaban J connectivity index is 0.817. The van der Waals surface area contributed by atoms with Gasteiger partial charge in [0.05, 0.1) is 45.2 Å². The van der Waals surface area contributed by atoms with Gasteiger partial charge in [0.25, 0.3) is 11.9 Å². The van der Waals surface area contributed by atoms with E-state index in [0.29, 0.717) is 11.1 Å². The number of aliphatic hydroxyl groups excluding tert-OH is 12. The first kappa shape index (κ1) is 66.0. The zero-order valence-corrected chi connectivity index (χ0v) is 47.4. The number of fused-ring (bicyclic) bond motifs is 1. The third-order valence-electron chi connectivity index (χ3n) is 15.1. The molecule has 0 spiro atoms. The summed E-state index contributed by atoms with van der Waals surface area (Å²) in [5.74, 6) is -3.03. The number of ether oxygens (including phenoxy) is 13. The van der Waals surface area contributed by atoms with E-state index >= 15 is 0 Å². The maximum Gasteiger partial charge on any atom is 0.331 e. The molecule has 4 aromatic carbocycles. The van der Waals surface area contributed by atoms with Gasteiger partial charge in [0.15, 0.2) is 29.7 Å². The third kappa shape index (κ3) is 14.9. The van der Waals surface area contributed by atoms with Crippen molar-refractivity contribution in [3.63, 3.8) is 0 Å². The second-order valence-corrected chi connectivity index (χ2v) is 21.2. The fraction of sp³-hybridized carbons (Fsp3) is 0.458. The molecule has 5 aliphatic heterocycles. The molecule has 4 saturated heterocycles. The van der Waals surface area contributed by atoms with Crippen molar-refractivity contribution in [2.75, 3.05) is 34.0 Å². The van der Waals surface area contributed by atoms with Crippen LogP contribution in [0.2, 0.25) is 0 Å². The van der Waals surface area contributed by atoms with Crippen molar-refractivity contribution in [2.24, 2.45) is 0 Å². The minimum Gasteiger partial charge on any atom is -0.571 e. The largest absolute Gasteiger partial charge is 0.571 e. The average molecular weight is 1260 g/mol. The molecule has 0 aromatic heterocycles. The Labute approximate surface area is 505 Å². The van der Waals surface area contributed by atoms with Crippen molar-refractivity contribution in [3.8, 4) is 46.0 Å². The van der Waals surface area contributed by atoms with Gasteiger partial charge in [0, 0.05) is 24.3 Å². The molecule has 0 amide bonds. The molecule has 5 heterocycles.